The van der Waals surface area contributed by atoms with E-state index in [-0.39, 0.29) is 11.6 Å². The normalized spacial score (nSPS) is 26.7. The molecule has 5 heteroatoms. The van der Waals surface area contributed by atoms with E-state index in [1.807, 2.05) is 0 Å². The number of hydrazine groups is 1. The van der Waals surface area contributed by atoms with Gasteiger partial charge >= 0.3 is 0 Å². The van der Waals surface area contributed by atoms with E-state index in [0.29, 0.717) is 5.92 Å². The average molecular weight is 418 g/mol. The molecule has 2 aliphatic heterocycles. The molecule has 0 saturated carbocycles. The van der Waals surface area contributed by atoms with E-state index in [4.69, 9.17) is 10.6 Å². The Morgan fingerprint density at radius 3 is 2.81 bits per heavy atom. The highest BCUT2D eigenvalue weighted by Crippen LogP contribution is 2.43. The van der Waals surface area contributed by atoms with Gasteiger partial charge in [0.25, 0.3) is 0 Å². The van der Waals surface area contributed by atoms with Gasteiger partial charge in [0.1, 0.15) is 0 Å². The van der Waals surface area contributed by atoms with E-state index in [1.54, 1.807) is 0 Å². The summed E-state index contributed by atoms with van der Waals surface area (Å²) in [6.07, 6.45) is 4.61. The van der Waals surface area contributed by atoms with Crippen LogP contribution in [0.4, 0.5) is 0 Å². The summed E-state index contributed by atoms with van der Waals surface area (Å²) in [5, 5.41) is 0. The van der Waals surface area contributed by atoms with Crippen LogP contribution in [0, 0.1) is 9.49 Å². The van der Waals surface area contributed by atoms with E-state index in [1.165, 1.54) is 33.5 Å². The molecule has 116 valence electrons. The summed E-state index contributed by atoms with van der Waals surface area (Å²) in [4.78, 5) is 0. The van der Waals surface area contributed by atoms with Crippen molar-refractivity contribution in [2.75, 3.05) is 18.1 Å². The second-order valence-corrected chi connectivity index (χ2v) is 8.45. The molecule has 1 aromatic carbocycles. The van der Waals surface area contributed by atoms with Crippen LogP contribution in [0.3, 0.4) is 0 Å². The van der Waals surface area contributed by atoms with Gasteiger partial charge in [0.05, 0.1) is 11.6 Å². The molecule has 0 bridgehead atoms. The zero-order valence-electron chi connectivity index (χ0n) is 12.2. The molecule has 0 aliphatic carbocycles. The van der Waals surface area contributed by atoms with E-state index in [0.717, 1.165) is 19.4 Å². The first kappa shape index (κ1) is 16.1. The van der Waals surface area contributed by atoms with Crippen molar-refractivity contribution in [3.8, 4) is 0 Å². The highest BCUT2D eigenvalue weighted by atomic mass is 127. The summed E-state index contributed by atoms with van der Waals surface area (Å²) in [7, 11) is 0. The van der Waals surface area contributed by atoms with Gasteiger partial charge < -0.3 is 4.74 Å². The zero-order valence-corrected chi connectivity index (χ0v) is 15.2. The quantitative estimate of drug-likeness (QED) is 0.448. The second kappa shape index (κ2) is 7.17. The van der Waals surface area contributed by atoms with Gasteiger partial charge in [0.2, 0.25) is 0 Å². The van der Waals surface area contributed by atoms with Gasteiger partial charge in [-0.3, -0.25) is 11.3 Å². The highest BCUT2D eigenvalue weighted by Gasteiger charge is 2.41. The van der Waals surface area contributed by atoms with E-state index < -0.39 is 0 Å². The first-order valence-electron chi connectivity index (χ1n) is 7.66. The Bertz CT molecular complexity index is 474. The van der Waals surface area contributed by atoms with Crippen molar-refractivity contribution in [1.82, 2.24) is 5.43 Å². The fraction of sp³-hybridized carbons (Fsp3) is 0.625. The van der Waals surface area contributed by atoms with Gasteiger partial charge in [0, 0.05) is 10.2 Å². The molecule has 3 rings (SSSR count). The number of nitrogens with two attached hydrogens (primary N) is 1. The Morgan fingerprint density at radius 2 is 2.10 bits per heavy atom. The Morgan fingerprint density at radius 1 is 1.33 bits per heavy atom. The Labute approximate surface area is 144 Å². The van der Waals surface area contributed by atoms with Crippen LogP contribution in [-0.2, 0) is 4.74 Å². The SMILES string of the molecule is NNC(c1ccccc1I)C1CCOC2(CCSCC2)C1. The maximum atomic E-state index is 6.21. The molecule has 2 fully saturated rings. The van der Waals surface area contributed by atoms with Gasteiger partial charge in [-0.25, -0.2) is 0 Å². The number of benzene rings is 1. The van der Waals surface area contributed by atoms with Crippen molar-refractivity contribution >= 4 is 34.4 Å². The standard InChI is InChI=1S/C16H23IN2OS/c17-14-4-2-1-3-13(14)15(19-18)12-5-8-20-16(11-12)6-9-21-10-7-16/h1-4,12,15,19H,5-11,18H2. The molecular weight excluding hydrogens is 395 g/mol. The monoisotopic (exact) mass is 418 g/mol. The van der Waals surface area contributed by atoms with Crippen LogP contribution in [-0.4, -0.2) is 23.7 Å². The molecule has 1 aromatic rings. The molecule has 3 nitrogen and oxygen atoms in total. The lowest BCUT2D eigenvalue weighted by Crippen LogP contribution is -2.46. The third-order valence-corrected chi connectivity index (χ3v) is 6.79. The molecule has 1 spiro atoms. The van der Waals surface area contributed by atoms with Crippen molar-refractivity contribution in [3.63, 3.8) is 0 Å². The largest absolute Gasteiger partial charge is 0.375 e. The smallest absolute Gasteiger partial charge is 0.0701 e. The second-order valence-electron chi connectivity index (χ2n) is 6.06. The lowest BCUT2D eigenvalue weighted by atomic mass is 9.77. The number of hydrogen-bond acceptors (Lipinski definition) is 4. The zero-order chi connectivity index (χ0) is 14.7. The molecule has 3 N–H and O–H groups in total. The third kappa shape index (κ3) is 3.58. The summed E-state index contributed by atoms with van der Waals surface area (Å²) in [6, 6.07) is 8.78. The van der Waals surface area contributed by atoms with Crippen molar-refractivity contribution in [2.45, 2.75) is 37.3 Å². The molecule has 0 radical (unpaired) electrons. The summed E-state index contributed by atoms with van der Waals surface area (Å²) in [6.45, 7) is 0.872. The fourth-order valence-corrected chi connectivity index (χ4v) is 5.61. The molecule has 0 aromatic heterocycles. The first-order valence-corrected chi connectivity index (χ1v) is 9.90. The van der Waals surface area contributed by atoms with Gasteiger partial charge in [-0.1, -0.05) is 18.2 Å². The molecule has 2 unspecified atom stereocenters. The third-order valence-electron chi connectivity index (χ3n) is 4.83. The van der Waals surface area contributed by atoms with Gasteiger partial charge in [0.15, 0.2) is 0 Å². The van der Waals surface area contributed by atoms with Crippen LogP contribution in [0.1, 0.15) is 37.3 Å². The van der Waals surface area contributed by atoms with Crippen molar-refractivity contribution < 1.29 is 4.74 Å². The molecule has 0 amide bonds. The number of halogens is 1. The van der Waals surface area contributed by atoms with Gasteiger partial charge in [-0.05, 0) is 77.3 Å². The number of hydrogen-bond donors (Lipinski definition) is 2. The summed E-state index contributed by atoms with van der Waals surface area (Å²) >= 11 is 4.47. The van der Waals surface area contributed by atoms with Crippen LogP contribution in [0.25, 0.3) is 0 Å². The number of rotatable bonds is 3. The number of nitrogens with one attached hydrogen (secondary N) is 1. The van der Waals surface area contributed by atoms with Crippen LogP contribution >= 0.6 is 34.4 Å². The fourth-order valence-electron chi connectivity index (χ4n) is 3.65. The minimum Gasteiger partial charge on any atom is -0.375 e. The lowest BCUT2D eigenvalue weighted by Gasteiger charge is -2.45. The molecule has 2 heterocycles. The Hall–Kier alpha value is 0.180. The van der Waals surface area contributed by atoms with Crippen molar-refractivity contribution in [3.05, 3.63) is 33.4 Å². The minimum atomic E-state index is 0.115. The predicted octanol–water partition coefficient (Wildman–Crippen LogP) is 3.49. The van der Waals surface area contributed by atoms with E-state index >= 15 is 0 Å². The molecular formula is C16H23IN2OS. The molecule has 2 aliphatic rings. The maximum absolute atomic E-state index is 6.21. The summed E-state index contributed by atoms with van der Waals surface area (Å²) in [5.41, 5.74) is 4.53. The van der Waals surface area contributed by atoms with E-state index in [2.05, 4.69) is 64.0 Å². The minimum absolute atomic E-state index is 0.115. The van der Waals surface area contributed by atoms with Crippen LogP contribution in [0.2, 0.25) is 0 Å². The van der Waals surface area contributed by atoms with Crippen LogP contribution in [0.15, 0.2) is 24.3 Å². The molecule has 21 heavy (non-hydrogen) atoms. The highest BCUT2D eigenvalue weighted by molar-refractivity contribution is 14.1. The summed E-state index contributed by atoms with van der Waals surface area (Å²) < 4.78 is 7.50. The van der Waals surface area contributed by atoms with Crippen LogP contribution < -0.4 is 11.3 Å². The van der Waals surface area contributed by atoms with Crippen LogP contribution in [0.5, 0.6) is 0 Å². The molecule has 2 saturated heterocycles. The van der Waals surface area contributed by atoms with Gasteiger partial charge in [-0.2, -0.15) is 11.8 Å². The average Bonchev–Trinajstić information content (AvgIpc) is 2.51. The molecule has 2 atom stereocenters. The topological polar surface area (TPSA) is 47.3 Å². The van der Waals surface area contributed by atoms with E-state index in [9.17, 15) is 0 Å². The van der Waals surface area contributed by atoms with Crippen molar-refractivity contribution in [2.24, 2.45) is 11.8 Å². The Kier molecular flexibility index (Phi) is 5.48. The lowest BCUT2D eigenvalue weighted by molar-refractivity contribution is -0.107. The van der Waals surface area contributed by atoms with Crippen molar-refractivity contribution in [1.29, 1.82) is 0 Å². The summed E-state index contributed by atoms with van der Waals surface area (Å²) in [5.74, 6) is 8.95. The Balaban J connectivity index is 1.79. The maximum Gasteiger partial charge on any atom is 0.0701 e. The predicted molar refractivity (Wildman–Crippen MR) is 97.2 cm³/mol. The van der Waals surface area contributed by atoms with Gasteiger partial charge in [-0.15, -0.1) is 0 Å². The number of thioether (sulfide) groups is 1. The first-order chi connectivity index (χ1) is 10.2. The number of ether oxygens (including phenoxy) is 1.